The van der Waals surface area contributed by atoms with E-state index in [1.165, 1.54) is 0 Å². The van der Waals surface area contributed by atoms with Gasteiger partial charge in [-0.15, -0.1) is 0 Å². The smallest absolute Gasteiger partial charge is 0.181 e. The zero-order valence-corrected chi connectivity index (χ0v) is 11.8. The van der Waals surface area contributed by atoms with Crippen molar-refractivity contribution in [2.75, 3.05) is 0 Å². The number of hydrogen-bond donors (Lipinski definition) is 0. The van der Waals surface area contributed by atoms with E-state index in [0.29, 0.717) is 16.7 Å². The number of imidazole rings is 1. The third-order valence-electron chi connectivity index (χ3n) is 2.57. The standard InChI is InChI=1S/C12H8BrClN4/c1-7-10(13)11(14)17-12(15-7)8-6-18-5-3-2-4-9(18)16-8/h2-6H,1H3. The third-order valence-corrected chi connectivity index (χ3v) is 4.02. The SMILES string of the molecule is Cc1nc(-c2cn3ccccc3n2)nc(Cl)c1Br. The van der Waals surface area contributed by atoms with Crippen LogP contribution in [0.1, 0.15) is 5.69 Å². The summed E-state index contributed by atoms with van der Waals surface area (Å²) in [5.74, 6) is 0.532. The van der Waals surface area contributed by atoms with Crippen molar-refractivity contribution in [2.24, 2.45) is 0 Å². The van der Waals surface area contributed by atoms with E-state index >= 15 is 0 Å². The van der Waals surface area contributed by atoms with Crippen LogP contribution in [-0.2, 0) is 0 Å². The van der Waals surface area contributed by atoms with Crippen molar-refractivity contribution in [3.05, 3.63) is 45.9 Å². The van der Waals surface area contributed by atoms with Crippen molar-refractivity contribution in [2.45, 2.75) is 6.92 Å². The van der Waals surface area contributed by atoms with Crippen molar-refractivity contribution in [3.8, 4) is 11.5 Å². The second-order valence-electron chi connectivity index (χ2n) is 3.83. The number of aromatic nitrogens is 4. The molecule has 3 aromatic rings. The molecular formula is C12H8BrClN4. The molecule has 18 heavy (non-hydrogen) atoms. The summed E-state index contributed by atoms with van der Waals surface area (Å²) in [5, 5.41) is 0.398. The van der Waals surface area contributed by atoms with Crippen LogP contribution in [0.5, 0.6) is 0 Å². The number of nitrogens with zero attached hydrogens (tertiary/aromatic N) is 4. The van der Waals surface area contributed by atoms with Crippen LogP contribution >= 0.6 is 27.5 Å². The van der Waals surface area contributed by atoms with Crippen LogP contribution in [0.25, 0.3) is 17.2 Å². The van der Waals surface area contributed by atoms with Crippen LogP contribution in [-0.4, -0.2) is 19.4 Å². The molecule has 0 amide bonds. The molecule has 3 rings (SSSR count). The summed E-state index contributed by atoms with van der Waals surface area (Å²) in [6.07, 6.45) is 3.81. The van der Waals surface area contributed by atoms with E-state index < -0.39 is 0 Å². The van der Waals surface area contributed by atoms with Gasteiger partial charge in [0, 0.05) is 12.4 Å². The maximum atomic E-state index is 6.04. The number of pyridine rings is 1. The molecule has 4 nitrogen and oxygen atoms in total. The van der Waals surface area contributed by atoms with Gasteiger partial charge in [-0.25, -0.2) is 15.0 Å². The first-order chi connectivity index (χ1) is 8.65. The lowest BCUT2D eigenvalue weighted by Gasteiger charge is -2.01. The van der Waals surface area contributed by atoms with Crippen LogP contribution in [0.4, 0.5) is 0 Å². The molecule has 0 aliphatic carbocycles. The predicted octanol–water partition coefficient (Wildman–Crippen LogP) is 3.52. The maximum absolute atomic E-state index is 6.04. The van der Waals surface area contributed by atoms with Gasteiger partial charge in [0.1, 0.15) is 16.5 Å². The Hall–Kier alpha value is -1.46. The summed E-state index contributed by atoms with van der Waals surface area (Å²) in [5.41, 5.74) is 2.36. The van der Waals surface area contributed by atoms with E-state index in [1.807, 2.05) is 41.9 Å². The second kappa shape index (κ2) is 4.33. The highest BCUT2D eigenvalue weighted by molar-refractivity contribution is 9.10. The molecule has 3 aromatic heterocycles. The molecule has 0 aliphatic heterocycles. The summed E-state index contributed by atoms with van der Waals surface area (Å²) in [6, 6.07) is 5.81. The van der Waals surface area contributed by atoms with Gasteiger partial charge in [-0.1, -0.05) is 17.7 Å². The minimum atomic E-state index is 0.398. The van der Waals surface area contributed by atoms with E-state index in [4.69, 9.17) is 11.6 Å². The van der Waals surface area contributed by atoms with Crippen LogP contribution in [0, 0.1) is 6.92 Å². The number of fused-ring (bicyclic) bond motifs is 1. The zero-order chi connectivity index (χ0) is 12.7. The maximum Gasteiger partial charge on any atom is 0.181 e. The Kier molecular flexibility index (Phi) is 2.80. The van der Waals surface area contributed by atoms with Crippen molar-refractivity contribution >= 4 is 33.2 Å². The van der Waals surface area contributed by atoms with Crippen molar-refractivity contribution in [1.29, 1.82) is 0 Å². The van der Waals surface area contributed by atoms with Crippen LogP contribution in [0.15, 0.2) is 35.1 Å². The molecule has 0 radical (unpaired) electrons. The van der Waals surface area contributed by atoms with Crippen LogP contribution in [0.2, 0.25) is 5.15 Å². The Morgan fingerprint density at radius 2 is 2.06 bits per heavy atom. The van der Waals surface area contributed by atoms with Crippen molar-refractivity contribution in [1.82, 2.24) is 19.4 Å². The summed E-state index contributed by atoms with van der Waals surface area (Å²) in [7, 11) is 0. The Balaban J connectivity index is 2.20. The summed E-state index contributed by atoms with van der Waals surface area (Å²) >= 11 is 9.37. The molecule has 0 saturated heterocycles. The van der Waals surface area contributed by atoms with E-state index in [2.05, 4.69) is 30.9 Å². The largest absolute Gasteiger partial charge is 0.306 e. The molecule has 0 aromatic carbocycles. The summed E-state index contributed by atoms with van der Waals surface area (Å²) < 4.78 is 2.64. The van der Waals surface area contributed by atoms with Gasteiger partial charge in [0.15, 0.2) is 5.82 Å². The van der Waals surface area contributed by atoms with E-state index in [9.17, 15) is 0 Å². The van der Waals surface area contributed by atoms with Gasteiger partial charge < -0.3 is 4.40 Å². The number of hydrogen-bond acceptors (Lipinski definition) is 3. The minimum Gasteiger partial charge on any atom is -0.306 e. The molecule has 0 N–H and O–H groups in total. The molecule has 3 heterocycles. The highest BCUT2D eigenvalue weighted by Crippen LogP contribution is 2.26. The van der Waals surface area contributed by atoms with Gasteiger partial charge in [0.05, 0.1) is 10.2 Å². The molecule has 0 saturated carbocycles. The monoisotopic (exact) mass is 322 g/mol. The average Bonchev–Trinajstić information content (AvgIpc) is 2.79. The van der Waals surface area contributed by atoms with Gasteiger partial charge in [-0.2, -0.15) is 0 Å². The lowest BCUT2D eigenvalue weighted by atomic mass is 10.4. The molecule has 0 aliphatic rings. The Morgan fingerprint density at radius 3 is 2.78 bits per heavy atom. The molecule has 0 fully saturated rings. The Labute approximate surface area is 117 Å². The van der Waals surface area contributed by atoms with E-state index in [-0.39, 0.29) is 0 Å². The molecule has 6 heteroatoms. The molecule has 0 atom stereocenters. The highest BCUT2D eigenvalue weighted by atomic mass is 79.9. The number of aryl methyl sites for hydroxylation is 1. The lowest BCUT2D eigenvalue weighted by Crippen LogP contribution is -1.94. The van der Waals surface area contributed by atoms with Crippen LogP contribution < -0.4 is 0 Å². The highest BCUT2D eigenvalue weighted by Gasteiger charge is 2.11. The number of halogens is 2. The minimum absolute atomic E-state index is 0.398. The van der Waals surface area contributed by atoms with Gasteiger partial charge >= 0.3 is 0 Å². The first kappa shape index (κ1) is 11.6. The molecular weight excluding hydrogens is 316 g/mol. The average molecular weight is 324 g/mol. The van der Waals surface area contributed by atoms with Crippen molar-refractivity contribution in [3.63, 3.8) is 0 Å². The first-order valence-corrected chi connectivity index (χ1v) is 6.46. The van der Waals surface area contributed by atoms with Gasteiger partial charge in [0.2, 0.25) is 0 Å². The number of rotatable bonds is 1. The van der Waals surface area contributed by atoms with Gasteiger partial charge in [-0.05, 0) is 35.0 Å². The summed E-state index contributed by atoms with van der Waals surface area (Å²) in [6.45, 7) is 1.87. The first-order valence-electron chi connectivity index (χ1n) is 5.29. The second-order valence-corrected chi connectivity index (χ2v) is 4.98. The normalized spacial score (nSPS) is 11.1. The Bertz CT molecular complexity index is 682. The quantitative estimate of drug-likeness (QED) is 0.644. The van der Waals surface area contributed by atoms with E-state index in [1.54, 1.807) is 0 Å². The predicted molar refractivity (Wildman–Crippen MR) is 73.7 cm³/mol. The molecule has 0 bridgehead atoms. The molecule has 90 valence electrons. The van der Waals surface area contributed by atoms with Crippen molar-refractivity contribution < 1.29 is 0 Å². The molecule has 0 unspecified atom stereocenters. The van der Waals surface area contributed by atoms with Crippen LogP contribution in [0.3, 0.4) is 0 Å². The summed E-state index contributed by atoms with van der Waals surface area (Å²) in [4.78, 5) is 13.1. The van der Waals surface area contributed by atoms with E-state index in [0.717, 1.165) is 15.8 Å². The molecule has 0 spiro atoms. The van der Waals surface area contributed by atoms with Gasteiger partial charge in [-0.3, -0.25) is 0 Å². The fourth-order valence-electron chi connectivity index (χ4n) is 1.68. The zero-order valence-electron chi connectivity index (χ0n) is 9.43. The van der Waals surface area contributed by atoms with Gasteiger partial charge in [0.25, 0.3) is 0 Å². The lowest BCUT2D eigenvalue weighted by molar-refractivity contribution is 1.08. The Morgan fingerprint density at radius 1 is 1.22 bits per heavy atom. The third kappa shape index (κ3) is 1.89. The fourth-order valence-corrected chi connectivity index (χ4v) is 2.08. The topological polar surface area (TPSA) is 43.1 Å². The fraction of sp³-hybridized carbons (Fsp3) is 0.0833.